The van der Waals surface area contributed by atoms with Gasteiger partial charge in [-0.15, -0.1) is 11.6 Å². The molecule has 0 N–H and O–H groups in total. The van der Waals surface area contributed by atoms with E-state index in [9.17, 15) is 8.42 Å². The molecule has 35 heavy (non-hydrogen) atoms. The molecular weight excluding hydrogens is 531 g/mol. The zero-order valence-electron chi connectivity index (χ0n) is 19.9. The first-order valence-electron chi connectivity index (χ1n) is 10.7. The minimum absolute atomic E-state index is 0.0562. The van der Waals surface area contributed by atoms with E-state index in [1.807, 2.05) is 48.2 Å². The fraction of sp³-hybridized carbons (Fsp3) is 0.320. The molecule has 0 unspecified atom stereocenters. The minimum atomic E-state index is -3.50. The summed E-state index contributed by atoms with van der Waals surface area (Å²) >= 11 is 19.3. The van der Waals surface area contributed by atoms with E-state index in [2.05, 4.69) is 25.4 Å². The van der Waals surface area contributed by atoms with Crippen LogP contribution in [0.25, 0.3) is 0 Å². The second-order valence-corrected chi connectivity index (χ2v) is 11.8. The van der Waals surface area contributed by atoms with Crippen LogP contribution in [-0.2, 0) is 21.9 Å². The lowest BCUT2D eigenvalue weighted by Gasteiger charge is -2.30. The number of nitrogens with zero attached hydrogens (tertiary/aromatic N) is 2. The predicted octanol–water partition coefficient (Wildman–Crippen LogP) is 6.87. The average Bonchev–Trinajstić information content (AvgIpc) is 3.26. The van der Waals surface area contributed by atoms with Gasteiger partial charge < -0.3 is 14.1 Å². The fourth-order valence-electron chi connectivity index (χ4n) is 3.70. The molecule has 6 nitrogen and oxygen atoms in total. The van der Waals surface area contributed by atoms with Gasteiger partial charge in [0, 0.05) is 29.8 Å². The second-order valence-electron chi connectivity index (χ2n) is 8.66. The lowest BCUT2D eigenvalue weighted by Crippen LogP contribution is -2.24. The molecule has 10 heteroatoms. The zero-order valence-corrected chi connectivity index (χ0v) is 23.0. The maximum absolute atomic E-state index is 11.8. The number of oxazole rings is 1. The number of hydrogen-bond acceptors (Lipinski definition) is 6. The number of sulfone groups is 1. The number of halogens is 3. The van der Waals surface area contributed by atoms with E-state index in [-0.39, 0.29) is 17.4 Å². The highest BCUT2D eigenvalue weighted by Gasteiger charge is 2.27. The van der Waals surface area contributed by atoms with Crippen molar-refractivity contribution in [1.29, 1.82) is 0 Å². The predicted molar refractivity (Wildman–Crippen MR) is 142 cm³/mol. The Morgan fingerprint density at radius 1 is 1.14 bits per heavy atom. The zero-order chi connectivity index (χ0) is 26.0. The van der Waals surface area contributed by atoms with Gasteiger partial charge in [0.05, 0.1) is 15.7 Å². The van der Waals surface area contributed by atoms with Crippen LogP contribution in [0.5, 0.6) is 5.75 Å². The number of ether oxygens (including phenoxy) is 1. The smallest absolute Gasteiger partial charge is 0.200 e. The first-order valence-corrected chi connectivity index (χ1v) is 13.9. The van der Waals surface area contributed by atoms with Crippen molar-refractivity contribution in [2.24, 2.45) is 0 Å². The number of benzene rings is 2. The molecule has 0 saturated carbocycles. The molecule has 0 atom stereocenters. The second kappa shape index (κ2) is 10.8. The first-order chi connectivity index (χ1) is 16.4. The van der Waals surface area contributed by atoms with Gasteiger partial charge in [-0.1, -0.05) is 55.8 Å². The fourth-order valence-corrected chi connectivity index (χ4v) is 5.32. The first kappa shape index (κ1) is 27.4. The minimum Gasteiger partial charge on any atom is -0.486 e. The summed E-state index contributed by atoms with van der Waals surface area (Å²) in [5, 5.41) is 0.911. The Balaban J connectivity index is 1.83. The van der Waals surface area contributed by atoms with Crippen molar-refractivity contribution < 1.29 is 17.6 Å². The Bertz CT molecular complexity index is 1300. The molecule has 0 spiro atoms. The standard InChI is InChI=1S/C25H27Cl3N2O4S/c1-16(2)30(11-10-26)23-20(27)12-18(13-21(23)28)25(3,4)17-6-8-19(9-7-17)33-14-22-24(29-15-34-22)35(5,31)32/h6-9,12-13,15H,1,10-11,14H2,2-5H3. The Hall–Kier alpha value is -2.19. The van der Waals surface area contributed by atoms with E-state index < -0.39 is 15.3 Å². The topological polar surface area (TPSA) is 72.6 Å². The summed E-state index contributed by atoms with van der Waals surface area (Å²) in [5.74, 6) is 1.12. The van der Waals surface area contributed by atoms with Crippen molar-refractivity contribution >= 4 is 50.3 Å². The van der Waals surface area contributed by atoms with Crippen LogP contribution in [0.2, 0.25) is 10.0 Å². The van der Waals surface area contributed by atoms with Gasteiger partial charge in [0.15, 0.2) is 27.0 Å². The van der Waals surface area contributed by atoms with E-state index in [0.29, 0.717) is 33.9 Å². The van der Waals surface area contributed by atoms with Gasteiger partial charge in [0.1, 0.15) is 12.4 Å². The molecule has 0 amide bonds. The van der Waals surface area contributed by atoms with Crippen LogP contribution in [0.4, 0.5) is 5.69 Å². The van der Waals surface area contributed by atoms with Gasteiger partial charge in [-0.25, -0.2) is 13.4 Å². The molecule has 0 aliphatic rings. The molecule has 0 aliphatic heterocycles. The lowest BCUT2D eigenvalue weighted by atomic mass is 9.78. The van der Waals surface area contributed by atoms with Crippen LogP contribution in [0.1, 0.15) is 37.7 Å². The van der Waals surface area contributed by atoms with Crippen molar-refractivity contribution in [2.45, 2.75) is 37.8 Å². The van der Waals surface area contributed by atoms with Crippen molar-refractivity contribution in [1.82, 2.24) is 4.98 Å². The van der Waals surface area contributed by atoms with Crippen LogP contribution < -0.4 is 9.64 Å². The summed E-state index contributed by atoms with van der Waals surface area (Å²) in [6.45, 7) is 10.5. The lowest BCUT2D eigenvalue weighted by molar-refractivity contribution is 0.265. The molecule has 2 aromatic carbocycles. The molecule has 3 aromatic rings. The average molecular weight is 558 g/mol. The normalized spacial score (nSPS) is 12.0. The summed E-state index contributed by atoms with van der Waals surface area (Å²) in [4.78, 5) is 5.67. The van der Waals surface area contributed by atoms with Crippen LogP contribution in [0, 0.1) is 0 Å². The maximum Gasteiger partial charge on any atom is 0.200 e. The molecule has 0 bridgehead atoms. The highest BCUT2D eigenvalue weighted by Crippen LogP contribution is 2.42. The third kappa shape index (κ3) is 6.15. The van der Waals surface area contributed by atoms with Crippen molar-refractivity contribution in [2.75, 3.05) is 23.6 Å². The van der Waals surface area contributed by atoms with Crippen molar-refractivity contribution in [3.8, 4) is 5.75 Å². The number of hydrogen-bond donors (Lipinski definition) is 0. The number of anilines is 1. The maximum atomic E-state index is 11.8. The highest BCUT2D eigenvalue weighted by molar-refractivity contribution is 7.90. The number of aromatic nitrogens is 1. The molecular formula is C25H27Cl3N2O4S. The van der Waals surface area contributed by atoms with E-state index >= 15 is 0 Å². The molecule has 0 radical (unpaired) electrons. The summed E-state index contributed by atoms with van der Waals surface area (Å²) in [7, 11) is -3.50. The number of allylic oxidation sites excluding steroid dienone is 1. The summed E-state index contributed by atoms with van der Waals surface area (Å²) in [6.07, 6.45) is 2.16. The number of rotatable bonds is 10. The van der Waals surface area contributed by atoms with Crippen molar-refractivity contribution in [3.63, 3.8) is 0 Å². The van der Waals surface area contributed by atoms with Crippen LogP contribution >= 0.6 is 34.8 Å². The quantitative estimate of drug-likeness (QED) is 0.253. The molecule has 1 aromatic heterocycles. The SMILES string of the molecule is C=C(C)N(CCCl)c1c(Cl)cc(C(C)(C)c2ccc(OCc3ocnc3S(C)(=O)=O)cc2)cc1Cl. The molecule has 1 heterocycles. The summed E-state index contributed by atoms with van der Waals surface area (Å²) in [6, 6.07) is 11.3. The largest absolute Gasteiger partial charge is 0.486 e. The Morgan fingerprint density at radius 3 is 2.26 bits per heavy atom. The van der Waals surface area contributed by atoms with Crippen LogP contribution in [-0.4, -0.2) is 32.1 Å². The molecule has 0 aliphatic carbocycles. The number of alkyl halides is 1. The highest BCUT2D eigenvalue weighted by atomic mass is 35.5. The van der Waals surface area contributed by atoms with E-state index in [1.165, 1.54) is 0 Å². The van der Waals surface area contributed by atoms with Gasteiger partial charge in [0.2, 0.25) is 0 Å². The van der Waals surface area contributed by atoms with Crippen LogP contribution in [0.3, 0.4) is 0 Å². The van der Waals surface area contributed by atoms with Gasteiger partial charge >= 0.3 is 0 Å². The summed E-state index contributed by atoms with van der Waals surface area (Å²) < 4.78 is 34.4. The van der Waals surface area contributed by atoms with E-state index in [0.717, 1.165) is 29.5 Å². The third-order valence-electron chi connectivity index (χ3n) is 5.68. The summed E-state index contributed by atoms with van der Waals surface area (Å²) in [5.41, 5.74) is 3.02. The molecule has 0 fully saturated rings. The van der Waals surface area contributed by atoms with E-state index in [1.54, 1.807) is 0 Å². The van der Waals surface area contributed by atoms with Gasteiger partial charge in [-0.05, 0) is 42.3 Å². The van der Waals surface area contributed by atoms with Crippen molar-refractivity contribution in [3.05, 3.63) is 82.0 Å². The Kier molecular flexibility index (Phi) is 8.48. The van der Waals surface area contributed by atoms with E-state index in [4.69, 9.17) is 44.0 Å². The monoisotopic (exact) mass is 556 g/mol. The van der Waals surface area contributed by atoms with Crippen LogP contribution in [0.15, 0.2) is 64.5 Å². The molecule has 3 rings (SSSR count). The third-order valence-corrected chi connectivity index (χ3v) is 7.46. The van der Waals surface area contributed by atoms with Gasteiger partial charge in [-0.2, -0.15) is 0 Å². The molecule has 188 valence electrons. The Labute approximate surface area is 221 Å². The van der Waals surface area contributed by atoms with Gasteiger partial charge in [-0.3, -0.25) is 0 Å². The Morgan fingerprint density at radius 2 is 1.74 bits per heavy atom. The van der Waals surface area contributed by atoms with Gasteiger partial charge in [0.25, 0.3) is 0 Å². The molecule has 0 saturated heterocycles.